The second-order valence-corrected chi connectivity index (χ2v) is 6.89. The van der Waals surface area contributed by atoms with Gasteiger partial charge in [0.2, 0.25) is 5.91 Å². The van der Waals surface area contributed by atoms with Crippen LogP contribution in [-0.4, -0.2) is 28.6 Å². The third-order valence-electron chi connectivity index (χ3n) is 4.82. The van der Waals surface area contributed by atoms with Gasteiger partial charge >= 0.3 is 0 Å². The van der Waals surface area contributed by atoms with Crippen molar-refractivity contribution in [2.75, 3.05) is 22.1 Å². The number of rotatable bonds is 4. The normalized spacial score (nSPS) is 12.8. The average molecular weight is 387 g/mol. The first-order chi connectivity index (χ1) is 14.1. The lowest BCUT2D eigenvalue weighted by molar-refractivity contribution is -0.114. The molecule has 0 spiro atoms. The van der Waals surface area contributed by atoms with Gasteiger partial charge in [-0.15, -0.1) is 10.2 Å². The number of fused-ring (bicyclic) bond motifs is 1. The zero-order valence-corrected chi connectivity index (χ0v) is 16.1. The maximum absolute atomic E-state index is 12.3. The van der Waals surface area contributed by atoms with Crippen molar-refractivity contribution in [2.24, 2.45) is 0 Å². The van der Waals surface area contributed by atoms with Gasteiger partial charge in [-0.3, -0.25) is 9.59 Å². The van der Waals surface area contributed by atoms with Gasteiger partial charge in [0, 0.05) is 31.4 Å². The number of carbonyl (C=O) groups is 2. The van der Waals surface area contributed by atoms with E-state index in [1.54, 1.807) is 6.07 Å². The predicted molar refractivity (Wildman–Crippen MR) is 112 cm³/mol. The van der Waals surface area contributed by atoms with E-state index in [0.717, 1.165) is 35.6 Å². The van der Waals surface area contributed by atoms with Crippen molar-refractivity contribution in [2.45, 2.75) is 19.9 Å². The lowest BCUT2D eigenvalue weighted by atomic mass is 9.97. The molecule has 0 aliphatic carbocycles. The Morgan fingerprint density at radius 3 is 2.48 bits per heavy atom. The highest BCUT2D eigenvalue weighted by Crippen LogP contribution is 2.28. The molecule has 3 aromatic rings. The van der Waals surface area contributed by atoms with Crippen LogP contribution in [-0.2, 0) is 17.8 Å². The number of amides is 2. The highest BCUT2D eigenvalue weighted by atomic mass is 16.2. The topological polar surface area (TPSA) is 87.2 Å². The van der Waals surface area contributed by atoms with Crippen molar-refractivity contribution in [3.05, 3.63) is 77.5 Å². The van der Waals surface area contributed by atoms with Crippen LogP contribution in [0, 0.1) is 0 Å². The van der Waals surface area contributed by atoms with Gasteiger partial charge < -0.3 is 15.5 Å². The van der Waals surface area contributed by atoms with Crippen LogP contribution in [0.25, 0.3) is 0 Å². The first-order valence-corrected chi connectivity index (χ1v) is 9.43. The molecule has 7 nitrogen and oxygen atoms in total. The average Bonchev–Trinajstić information content (AvgIpc) is 2.74. The number of carbonyl (C=O) groups excluding carboxylic acids is 2. The third kappa shape index (κ3) is 4.24. The molecule has 146 valence electrons. The Hall–Kier alpha value is -3.74. The minimum Gasteiger partial charge on any atom is -0.350 e. The van der Waals surface area contributed by atoms with Crippen LogP contribution in [0.1, 0.15) is 28.5 Å². The Labute approximate surface area is 168 Å². The number of hydrogen-bond acceptors (Lipinski definition) is 5. The Morgan fingerprint density at radius 2 is 1.76 bits per heavy atom. The Kier molecular flexibility index (Phi) is 5.20. The molecule has 1 aliphatic heterocycles. The Bertz CT molecular complexity index is 1030. The molecule has 7 heteroatoms. The number of hydrogen-bond donors (Lipinski definition) is 2. The summed E-state index contributed by atoms with van der Waals surface area (Å²) in [6, 6.07) is 18.7. The van der Waals surface area contributed by atoms with Crippen LogP contribution in [0.5, 0.6) is 0 Å². The maximum Gasteiger partial charge on any atom is 0.276 e. The number of nitrogens with one attached hydrogen (secondary N) is 2. The lowest BCUT2D eigenvalue weighted by Gasteiger charge is -2.30. The zero-order chi connectivity index (χ0) is 20.2. The van der Waals surface area contributed by atoms with Crippen LogP contribution in [0.3, 0.4) is 0 Å². The number of aromatic nitrogens is 2. The molecule has 2 aromatic carbocycles. The van der Waals surface area contributed by atoms with Gasteiger partial charge in [-0.2, -0.15) is 0 Å². The van der Waals surface area contributed by atoms with E-state index in [0.29, 0.717) is 12.2 Å². The Morgan fingerprint density at radius 1 is 0.931 bits per heavy atom. The molecule has 0 saturated carbocycles. The summed E-state index contributed by atoms with van der Waals surface area (Å²) in [6.45, 7) is 2.94. The fraction of sp³-hybridized carbons (Fsp3) is 0.182. The summed E-state index contributed by atoms with van der Waals surface area (Å²) in [4.78, 5) is 25.9. The van der Waals surface area contributed by atoms with Crippen LogP contribution < -0.4 is 15.5 Å². The first kappa shape index (κ1) is 18.6. The van der Waals surface area contributed by atoms with E-state index in [9.17, 15) is 9.59 Å². The van der Waals surface area contributed by atoms with Gasteiger partial charge in [-0.25, -0.2) is 0 Å². The van der Waals surface area contributed by atoms with Crippen molar-refractivity contribution in [1.29, 1.82) is 0 Å². The lowest BCUT2D eigenvalue weighted by Crippen LogP contribution is -2.32. The Balaban J connectivity index is 1.46. The van der Waals surface area contributed by atoms with E-state index in [4.69, 9.17) is 0 Å². The molecule has 29 heavy (non-hydrogen) atoms. The highest BCUT2D eigenvalue weighted by Gasteiger charge is 2.21. The predicted octanol–water partition coefficient (Wildman–Crippen LogP) is 3.25. The summed E-state index contributed by atoms with van der Waals surface area (Å²) < 4.78 is 0. The van der Waals surface area contributed by atoms with Crippen molar-refractivity contribution in [3.63, 3.8) is 0 Å². The summed E-state index contributed by atoms with van der Waals surface area (Å²) in [5.41, 5.74) is 4.16. The van der Waals surface area contributed by atoms with E-state index in [1.807, 2.05) is 48.5 Å². The summed E-state index contributed by atoms with van der Waals surface area (Å²) in [5.74, 6) is 0.354. The summed E-state index contributed by atoms with van der Waals surface area (Å²) in [5, 5.41) is 14.1. The van der Waals surface area contributed by atoms with E-state index >= 15 is 0 Å². The van der Waals surface area contributed by atoms with Gasteiger partial charge in [0.05, 0.1) is 0 Å². The van der Waals surface area contributed by atoms with Crippen LogP contribution in [0.15, 0.2) is 60.7 Å². The van der Waals surface area contributed by atoms with Gasteiger partial charge in [-0.1, -0.05) is 30.3 Å². The summed E-state index contributed by atoms with van der Waals surface area (Å²) in [6.07, 6.45) is 0.795. The number of anilines is 3. The van der Waals surface area contributed by atoms with Crippen LogP contribution in [0.2, 0.25) is 0 Å². The zero-order valence-electron chi connectivity index (χ0n) is 16.1. The fourth-order valence-electron chi connectivity index (χ4n) is 3.44. The van der Waals surface area contributed by atoms with Crippen LogP contribution >= 0.6 is 0 Å². The standard InChI is InChI=1S/C22H21N5O2/c1-15(28)23-19-9-5-6-16-14-27(13-12-18(16)19)21-11-10-20(25-26-21)22(29)24-17-7-3-2-4-8-17/h2-11H,12-14H2,1H3,(H,23,28)(H,24,29). The van der Waals surface area contributed by atoms with Crippen molar-refractivity contribution in [1.82, 2.24) is 10.2 Å². The van der Waals surface area contributed by atoms with Gasteiger partial charge in [0.15, 0.2) is 11.5 Å². The molecule has 2 heterocycles. The smallest absolute Gasteiger partial charge is 0.276 e. The van der Waals surface area contributed by atoms with Crippen molar-refractivity contribution < 1.29 is 9.59 Å². The van der Waals surface area contributed by atoms with Gasteiger partial charge in [0.1, 0.15) is 0 Å². The molecule has 2 N–H and O–H groups in total. The van der Waals surface area contributed by atoms with Gasteiger partial charge in [0.25, 0.3) is 5.91 Å². The molecule has 0 radical (unpaired) electrons. The number of nitrogens with zero attached hydrogens (tertiary/aromatic N) is 3. The fourth-order valence-corrected chi connectivity index (χ4v) is 3.44. The molecule has 1 aromatic heterocycles. The molecule has 0 bridgehead atoms. The number of para-hydroxylation sites is 1. The minimum absolute atomic E-state index is 0.0731. The second kappa shape index (κ2) is 8.10. The molecule has 2 amide bonds. The van der Waals surface area contributed by atoms with E-state index in [-0.39, 0.29) is 17.5 Å². The molecule has 1 aliphatic rings. The monoisotopic (exact) mass is 387 g/mol. The van der Waals surface area contributed by atoms with Crippen LogP contribution in [0.4, 0.5) is 17.2 Å². The largest absolute Gasteiger partial charge is 0.350 e. The molecule has 0 atom stereocenters. The molecular formula is C22H21N5O2. The molecule has 0 fully saturated rings. The highest BCUT2D eigenvalue weighted by molar-refractivity contribution is 6.02. The van der Waals surface area contributed by atoms with Crippen molar-refractivity contribution in [3.8, 4) is 0 Å². The first-order valence-electron chi connectivity index (χ1n) is 9.43. The molecule has 4 rings (SSSR count). The number of benzene rings is 2. The maximum atomic E-state index is 12.3. The van der Waals surface area contributed by atoms with E-state index in [2.05, 4.69) is 31.8 Å². The minimum atomic E-state index is -0.292. The van der Waals surface area contributed by atoms with E-state index in [1.165, 1.54) is 6.92 Å². The van der Waals surface area contributed by atoms with E-state index < -0.39 is 0 Å². The third-order valence-corrected chi connectivity index (χ3v) is 4.82. The molecule has 0 saturated heterocycles. The summed E-state index contributed by atoms with van der Waals surface area (Å²) >= 11 is 0. The molecule has 0 unspecified atom stereocenters. The summed E-state index contributed by atoms with van der Waals surface area (Å²) in [7, 11) is 0. The van der Waals surface area contributed by atoms with Gasteiger partial charge in [-0.05, 0) is 47.9 Å². The quantitative estimate of drug-likeness (QED) is 0.718. The van der Waals surface area contributed by atoms with Crippen molar-refractivity contribution >= 4 is 29.0 Å². The SMILES string of the molecule is CC(=O)Nc1cccc2c1CCN(c1ccc(C(=O)Nc3ccccc3)nn1)C2. The second-order valence-electron chi connectivity index (χ2n) is 6.89. The molecular weight excluding hydrogens is 366 g/mol.